The molecule has 0 unspecified atom stereocenters. The summed E-state index contributed by atoms with van der Waals surface area (Å²) in [5.41, 5.74) is 0. The lowest BCUT2D eigenvalue weighted by molar-refractivity contribution is 1.10. The van der Waals surface area contributed by atoms with Gasteiger partial charge in [0.25, 0.3) is 0 Å². The van der Waals surface area contributed by atoms with E-state index in [9.17, 15) is 0 Å². The third-order valence-electron chi connectivity index (χ3n) is 1.45. The Labute approximate surface area is 53.8 Å². The van der Waals surface area contributed by atoms with Crippen molar-refractivity contribution < 1.29 is 0 Å². The van der Waals surface area contributed by atoms with Crippen LogP contribution in [0.15, 0.2) is 24.4 Å². The normalized spacial score (nSPS) is 14.7. The number of fused-ring (bicyclic) bond motifs is 1. The molecule has 2 rings (SSSR count). The molecule has 9 heavy (non-hydrogen) atoms. The number of anilines is 1. The fourth-order valence-corrected chi connectivity index (χ4v) is 1.00. The van der Waals surface area contributed by atoms with Crippen molar-refractivity contribution >= 4 is 12.0 Å². The highest BCUT2D eigenvalue weighted by atomic mass is 15.1. The second-order valence-electron chi connectivity index (χ2n) is 2.07. The van der Waals surface area contributed by atoms with Crippen LogP contribution < -0.4 is 5.32 Å². The van der Waals surface area contributed by atoms with Gasteiger partial charge < -0.3 is 9.88 Å². The van der Waals surface area contributed by atoms with Gasteiger partial charge in [0.15, 0.2) is 0 Å². The van der Waals surface area contributed by atoms with Crippen molar-refractivity contribution in [1.29, 1.82) is 0 Å². The quantitative estimate of drug-likeness (QED) is 0.547. The zero-order chi connectivity index (χ0) is 6.10. The summed E-state index contributed by atoms with van der Waals surface area (Å²) in [7, 11) is 0. The van der Waals surface area contributed by atoms with E-state index in [4.69, 9.17) is 0 Å². The molecular weight excluding hydrogens is 112 g/mol. The van der Waals surface area contributed by atoms with Crippen LogP contribution in [0, 0.1) is 0 Å². The zero-order valence-corrected chi connectivity index (χ0v) is 5.04. The van der Waals surface area contributed by atoms with E-state index < -0.39 is 0 Å². The zero-order valence-electron chi connectivity index (χ0n) is 5.04. The summed E-state index contributed by atoms with van der Waals surface area (Å²) in [5, 5.41) is 3.22. The van der Waals surface area contributed by atoms with Gasteiger partial charge in [-0.15, -0.1) is 0 Å². The van der Waals surface area contributed by atoms with Gasteiger partial charge in [0, 0.05) is 18.9 Å². The number of hydrogen-bond donors (Lipinski definition) is 1. The minimum atomic E-state index is 0.948. The number of hydrogen-bond acceptors (Lipinski definition) is 1. The van der Waals surface area contributed by atoms with E-state index in [1.165, 1.54) is 5.82 Å². The van der Waals surface area contributed by atoms with E-state index in [0.717, 1.165) is 6.54 Å². The molecule has 2 nitrogen and oxygen atoms in total. The van der Waals surface area contributed by atoms with Crippen LogP contribution in [0.1, 0.15) is 0 Å². The summed E-state index contributed by atoms with van der Waals surface area (Å²) < 4.78 is 2.06. The van der Waals surface area contributed by atoms with E-state index in [0.29, 0.717) is 0 Å². The van der Waals surface area contributed by atoms with Crippen LogP contribution in [-0.2, 0) is 0 Å². The average molecular weight is 120 g/mol. The SMILES string of the molecule is C1=Cn2cccc2NC1. The molecule has 46 valence electrons. The van der Waals surface area contributed by atoms with Crippen molar-refractivity contribution in [3.05, 3.63) is 24.4 Å². The molecule has 0 saturated carbocycles. The topological polar surface area (TPSA) is 17.0 Å². The molecule has 1 N–H and O–H groups in total. The molecule has 0 aliphatic carbocycles. The van der Waals surface area contributed by atoms with Gasteiger partial charge >= 0.3 is 0 Å². The maximum Gasteiger partial charge on any atom is 0.110 e. The number of nitrogens with one attached hydrogen (secondary N) is 1. The molecular formula is C7H8N2. The molecule has 0 atom stereocenters. The van der Waals surface area contributed by atoms with Crippen molar-refractivity contribution in [2.24, 2.45) is 0 Å². The Kier molecular flexibility index (Phi) is 0.859. The number of rotatable bonds is 0. The molecule has 0 fully saturated rings. The molecule has 1 aromatic rings. The van der Waals surface area contributed by atoms with Gasteiger partial charge in [0.2, 0.25) is 0 Å². The highest BCUT2D eigenvalue weighted by Gasteiger charge is 1.97. The molecule has 0 amide bonds. The second kappa shape index (κ2) is 1.65. The van der Waals surface area contributed by atoms with Crippen LogP contribution >= 0.6 is 0 Å². The summed E-state index contributed by atoms with van der Waals surface area (Å²) >= 11 is 0. The van der Waals surface area contributed by atoms with Crippen molar-refractivity contribution in [3.63, 3.8) is 0 Å². The summed E-state index contributed by atoms with van der Waals surface area (Å²) in [6, 6.07) is 4.08. The molecule has 2 heterocycles. The van der Waals surface area contributed by atoms with Crippen LogP contribution in [0.3, 0.4) is 0 Å². The average Bonchev–Trinajstić information content (AvgIpc) is 2.33. The predicted molar refractivity (Wildman–Crippen MR) is 38.3 cm³/mol. The first-order valence-electron chi connectivity index (χ1n) is 3.04. The van der Waals surface area contributed by atoms with E-state index in [1.54, 1.807) is 0 Å². The standard InChI is InChI=1S/C7H8N2/c1-3-7-8-4-2-6-9(7)5-1/h1-3,5-6,8H,4H2. The van der Waals surface area contributed by atoms with Crippen molar-refractivity contribution in [1.82, 2.24) is 4.57 Å². The first kappa shape index (κ1) is 4.68. The molecule has 0 aromatic carbocycles. The van der Waals surface area contributed by atoms with Crippen LogP contribution in [0.5, 0.6) is 0 Å². The molecule has 1 aliphatic rings. The number of nitrogens with zero attached hydrogens (tertiary/aromatic N) is 1. The third kappa shape index (κ3) is 0.633. The molecule has 1 aliphatic heterocycles. The molecule has 1 aromatic heterocycles. The molecule has 0 bridgehead atoms. The van der Waals surface area contributed by atoms with Gasteiger partial charge in [-0.1, -0.05) is 0 Å². The predicted octanol–water partition coefficient (Wildman–Crippen LogP) is 1.38. The summed E-state index contributed by atoms with van der Waals surface area (Å²) in [5.74, 6) is 1.18. The van der Waals surface area contributed by atoms with Gasteiger partial charge in [-0.3, -0.25) is 0 Å². The monoisotopic (exact) mass is 120 g/mol. The van der Waals surface area contributed by atoms with Gasteiger partial charge in [-0.25, -0.2) is 0 Å². The Morgan fingerprint density at radius 1 is 1.56 bits per heavy atom. The van der Waals surface area contributed by atoms with Crippen LogP contribution in [0.25, 0.3) is 6.20 Å². The maximum atomic E-state index is 3.22. The highest BCUT2D eigenvalue weighted by molar-refractivity contribution is 5.49. The van der Waals surface area contributed by atoms with Crippen molar-refractivity contribution in [3.8, 4) is 0 Å². The Morgan fingerprint density at radius 2 is 2.56 bits per heavy atom. The van der Waals surface area contributed by atoms with Crippen molar-refractivity contribution in [2.45, 2.75) is 0 Å². The lowest BCUT2D eigenvalue weighted by atomic mass is 10.5. The van der Waals surface area contributed by atoms with Gasteiger partial charge in [-0.05, 0) is 18.2 Å². The van der Waals surface area contributed by atoms with Gasteiger partial charge in [-0.2, -0.15) is 0 Å². The fraction of sp³-hybridized carbons (Fsp3) is 0.143. The fourth-order valence-electron chi connectivity index (χ4n) is 1.00. The third-order valence-corrected chi connectivity index (χ3v) is 1.45. The lowest BCUT2D eigenvalue weighted by Gasteiger charge is -2.09. The Morgan fingerprint density at radius 3 is 3.44 bits per heavy atom. The van der Waals surface area contributed by atoms with E-state index >= 15 is 0 Å². The summed E-state index contributed by atoms with van der Waals surface area (Å²) in [4.78, 5) is 0. The first-order valence-corrected chi connectivity index (χ1v) is 3.04. The Balaban J connectivity index is 2.53. The molecule has 0 spiro atoms. The first-order chi connectivity index (χ1) is 4.47. The van der Waals surface area contributed by atoms with E-state index in [1.807, 2.05) is 12.3 Å². The van der Waals surface area contributed by atoms with E-state index in [-0.39, 0.29) is 0 Å². The van der Waals surface area contributed by atoms with Crippen LogP contribution in [0.4, 0.5) is 5.82 Å². The molecule has 0 saturated heterocycles. The van der Waals surface area contributed by atoms with Gasteiger partial charge in [0.05, 0.1) is 0 Å². The second-order valence-corrected chi connectivity index (χ2v) is 2.07. The minimum absolute atomic E-state index is 0.948. The maximum absolute atomic E-state index is 3.22. The van der Waals surface area contributed by atoms with Crippen LogP contribution in [-0.4, -0.2) is 11.1 Å². The largest absolute Gasteiger partial charge is 0.368 e. The lowest BCUT2D eigenvalue weighted by Crippen LogP contribution is -2.06. The van der Waals surface area contributed by atoms with Crippen molar-refractivity contribution in [2.75, 3.05) is 11.9 Å². The number of aromatic nitrogens is 1. The summed E-state index contributed by atoms with van der Waals surface area (Å²) in [6.07, 6.45) is 6.18. The Bertz CT molecular complexity index is 235. The van der Waals surface area contributed by atoms with E-state index in [2.05, 4.69) is 28.2 Å². The highest BCUT2D eigenvalue weighted by Crippen LogP contribution is 2.11. The molecule has 0 radical (unpaired) electrons. The van der Waals surface area contributed by atoms with Gasteiger partial charge in [0.1, 0.15) is 5.82 Å². The minimum Gasteiger partial charge on any atom is -0.368 e. The molecule has 2 heteroatoms. The smallest absolute Gasteiger partial charge is 0.110 e. The van der Waals surface area contributed by atoms with Crippen LogP contribution in [0.2, 0.25) is 0 Å². The summed E-state index contributed by atoms with van der Waals surface area (Å²) in [6.45, 7) is 0.948. The Hall–Kier alpha value is -1.18.